The number of alkyl halides is 2. The molecule has 0 aliphatic carbocycles. The van der Waals surface area contributed by atoms with E-state index in [4.69, 9.17) is 5.84 Å². The van der Waals surface area contributed by atoms with Gasteiger partial charge in [-0.3, -0.25) is 4.79 Å². The third kappa shape index (κ3) is 5.19. The van der Waals surface area contributed by atoms with E-state index in [1.54, 1.807) is 12.1 Å². The van der Waals surface area contributed by atoms with Gasteiger partial charge in [0.1, 0.15) is 12.1 Å². The molecule has 0 saturated heterocycles. The molecule has 1 amide bonds. The Bertz CT molecular complexity index is 906. The number of carbonyl (C=O) groups excluding carboxylic acids is 1. The van der Waals surface area contributed by atoms with E-state index >= 15 is 0 Å². The van der Waals surface area contributed by atoms with Crippen LogP contribution >= 0.6 is 11.8 Å². The van der Waals surface area contributed by atoms with Crippen LogP contribution in [0.3, 0.4) is 0 Å². The maximum atomic E-state index is 12.5. The standard InChI is InChI=1S/C18H17F2N5O2S/c19-17(20)27-14-8-6-13(7-9-14)16(12-4-2-1-3-5-12)23-15(26)10-28-18-24-22-11-25(18)21/h1-9,11,16-17H,10,21H2,(H,23,26)/t16-/m1/s1. The van der Waals surface area contributed by atoms with Crippen LogP contribution in [0, 0.1) is 0 Å². The number of nitrogens with two attached hydrogens (primary N) is 1. The highest BCUT2D eigenvalue weighted by Crippen LogP contribution is 2.25. The number of hydrogen-bond donors (Lipinski definition) is 2. The number of hydrogen-bond acceptors (Lipinski definition) is 6. The van der Waals surface area contributed by atoms with Crippen molar-refractivity contribution in [1.29, 1.82) is 0 Å². The third-order valence-corrected chi connectivity index (χ3v) is 4.71. The fourth-order valence-electron chi connectivity index (χ4n) is 2.51. The van der Waals surface area contributed by atoms with Crippen LogP contribution in [0.15, 0.2) is 66.1 Å². The minimum absolute atomic E-state index is 0.0507. The molecule has 1 heterocycles. The Morgan fingerprint density at radius 1 is 1.14 bits per heavy atom. The molecule has 28 heavy (non-hydrogen) atoms. The molecule has 0 bridgehead atoms. The van der Waals surface area contributed by atoms with E-state index in [9.17, 15) is 13.6 Å². The van der Waals surface area contributed by atoms with Gasteiger partial charge < -0.3 is 15.9 Å². The lowest BCUT2D eigenvalue weighted by atomic mass is 9.98. The lowest BCUT2D eigenvalue weighted by Gasteiger charge is -2.20. The van der Waals surface area contributed by atoms with Gasteiger partial charge >= 0.3 is 6.61 Å². The van der Waals surface area contributed by atoms with E-state index in [1.165, 1.54) is 23.1 Å². The molecular weight excluding hydrogens is 388 g/mol. The molecule has 0 unspecified atom stereocenters. The summed E-state index contributed by atoms with van der Waals surface area (Å²) in [6.07, 6.45) is 1.34. The summed E-state index contributed by atoms with van der Waals surface area (Å²) in [6.45, 7) is -2.89. The molecule has 2 aromatic carbocycles. The van der Waals surface area contributed by atoms with Crippen molar-refractivity contribution in [3.05, 3.63) is 72.1 Å². The van der Waals surface area contributed by atoms with Crippen molar-refractivity contribution < 1.29 is 18.3 Å². The summed E-state index contributed by atoms with van der Waals surface area (Å²) >= 11 is 1.15. The largest absolute Gasteiger partial charge is 0.435 e. The van der Waals surface area contributed by atoms with Crippen molar-refractivity contribution >= 4 is 17.7 Å². The molecule has 10 heteroatoms. The minimum atomic E-state index is -2.89. The van der Waals surface area contributed by atoms with Crippen molar-refractivity contribution in [3.8, 4) is 5.75 Å². The fraction of sp³-hybridized carbons (Fsp3) is 0.167. The van der Waals surface area contributed by atoms with Crippen molar-refractivity contribution in [2.24, 2.45) is 0 Å². The smallest absolute Gasteiger partial charge is 0.387 e. The average molecular weight is 405 g/mol. The van der Waals surface area contributed by atoms with Crippen LogP contribution in [0.5, 0.6) is 5.75 Å². The number of nitrogen functional groups attached to an aromatic ring is 1. The minimum Gasteiger partial charge on any atom is -0.435 e. The van der Waals surface area contributed by atoms with Gasteiger partial charge in [-0.05, 0) is 23.3 Å². The van der Waals surface area contributed by atoms with Crippen LogP contribution in [0.25, 0.3) is 0 Å². The molecule has 3 aromatic rings. The first-order valence-corrected chi connectivity index (χ1v) is 9.18. The number of rotatable bonds is 8. The zero-order valence-electron chi connectivity index (χ0n) is 14.5. The number of amides is 1. The van der Waals surface area contributed by atoms with Crippen LogP contribution < -0.4 is 15.9 Å². The van der Waals surface area contributed by atoms with Gasteiger partial charge in [-0.2, -0.15) is 8.78 Å². The molecule has 0 saturated carbocycles. The maximum absolute atomic E-state index is 12.5. The number of nitrogens with zero attached hydrogens (tertiary/aromatic N) is 3. The predicted octanol–water partition coefficient (Wildman–Crippen LogP) is 2.59. The average Bonchev–Trinajstić information content (AvgIpc) is 3.10. The Morgan fingerprint density at radius 2 is 1.82 bits per heavy atom. The SMILES string of the molecule is Nn1cnnc1SCC(=O)N[C@H](c1ccccc1)c1ccc(OC(F)F)cc1. The first kappa shape index (κ1) is 19.6. The van der Waals surface area contributed by atoms with E-state index in [0.717, 1.165) is 22.9 Å². The molecular formula is C18H17F2N5O2S. The number of ether oxygens (including phenoxy) is 1. The molecule has 0 spiro atoms. The van der Waals surface area contributed by atoms with Crippen LogP contribution in [0.1, 0.15) is 17.2 Å². The zero-order valence-corrected chi connectivity index (χ0v) is 15.4. The van der Waals surface area contributed by atoms with Crippen LogP contribution in [-0.2, 0) is 4.79 Å². The number of carbonyl (C=O) groups is 1. The normalized spacial score (nSPS) is 12.0. The quantitative estimate of drug-likeness (QED) is 0.442. The molecule has 3 N–H and O–H groups in total. The summed E-state index contributed by atoms with van der Waals surface area (Å²) in [6, 6.07) is 15.0. The number of aromatic nitrogens is 3. The van der Waals surface area contributed by atoms with E-state index < -0.39 is 12.7 Å². The molecule has 0 fully saturated rings. The Balaban J connectivity index is 1.74. The fourth-order valence-corrected chi connectivity index (χ4v) is 3.16. The summed E-state index contributed by atoms with van der Waals surface area (Å²) in [5.41, 5.74) is 1.58. The van der Waals surface area contributed by atoms with Crippen molar-refractivity contribution in [1.82, 2.24) is 20.2 Å². The molecule has 0 aliphatic rings. The number of thioether (sulfide) groups is 1. The first-order valence-electron chi connectivity index (χ1n) is 8.20. The van der Waals surface area contributed by atoms with Gasteiger partial charge in [-0.15, -0.1) is 10.2 Å². The van der Waals surface area contributed by atoms with Crippen LogP contribution in [0.4, 0.5) is 8.78 Å². The Hall–Kier alpha value is -3.14. The van der Waals surface area contributed by atoms with Gasteiger partial charge in [0.2, 0.25) is 11.1 Å². The van der Waals surface area contributed by atoms with E-state index in [0.29, 0.717) is 5.16 Å². The van der Waals surface area contributed by atoms with Crippen molar-refractivity contribution in [3.63, 3.8) is 0 Å². The highest BCUT2D eigenvalue weighted by atomic mass is 32.2. The second kappa shape index (κ2) is 9.18. The lowest BCUT2D eigenvalue weighted by Crippen LogP contribution is -2.30. The van der Waals surface area contributed by atoms with Gasteiger partial charge in [0.25, 0.3) is 0 Å². The van der Waals surface area contributed by atoms with Gasteiger partial charge in [0.15, 0.2) is 0 Å². The molecule has 7 nitrogen and oxygen atoms in total. The highest BCUT2D eigenvalue weighted by Gasteiger charge is 2.18. The van der Waals surface area contributed by atoms with Crippen LogP contribution in [0.2, 0.25) is 0 Å². The van der Waals surface area contributed by atoms with E-state index in [-0.39, 0.29) is 17.4 Å². The Kier molecular flexibility index (Phi) is 6.43. The lowest BCUT2D eigenvalue weighted by molar-refractivity contribution is -0.119. The summed E-state index contributed by atoms with van der Waals surface area (Å²) < 4.78 is 30.3. The van der Waals surface area contributed by atoms with E-state index in [2.05, 4.69) is 20.3 Å². The second-order valence-corrected chi connectivity index (χ2v) is 6.61. The van der Waals surface area contributed by atoms with Gasteiger partial charge in [-0.25, -0.2) is 4.68 Å². The zero-order chi connectivity index (χ0) is 19.9. The van der Waals surface area contributed by atoms with Crippen LogP contribution in [-0.4, -0.2) is 33.1 Å². The molecule has 0 aliphatic heterocycles. The molecule has 0 radical (unpaired) electrons. The van der Waals surface area contributed by atoms with Crippen molar-refractivity contribution in [2.45, 2.75) is 17.8 Å². The van der Waals surface area contributed by atoms with E-state index in [1.807, 2.05) is 30.3 Å². The molecule has 3 rings (SSSR count). The number of benzene rings is 2. The summed E-state index contributed by atoms with van der Waals surface area (Å²) in [5.74, 6) is 5.53. The topological polar surface area (TPSA) is 95.1 Å². The third-order valence-electron chi connectivity index (χ3n) is 3.75. The summed E-state index contributed by atoms with van der Waals surface area (Å²) in [5, 5.41) is 10.8. The molecule has 146 valence electrons. The number of nitrogens with one attached hydrogen (secondary N) is 1. The first-order chi connectivity index (χ1) is 13.5. The summed E-state index contributed by atoms with van der Waals surface area (Å²) in [4.78, 5) is 12.5. The molecule has 1 aromatic heterocycles. The van der Waals surface area contributed by atoms with Gasteiger partial charge in [-0.1, -0.05) is 54.2 Å². The highest BCUT2D eigenvalue weighted by molar-refractivity contribution is 7.99. The summed E-state index contributed by atoms with van der Waals surface area (Å²) in [7, 11) is 0. The van der Waals surface area contributed by atoms with Gasteiger partial charge in [0, 0.05) is 0 Å². The second-order valence-electron chi connectivity index (χ2n) is 5.67. The maximum Gasteiger partial charge on any atom is 0.387 e. The predicted molar refractivity (Wildman–Crippen MR) is 100 cm³/mol. The Morgan fingerprint density at radius 3 is 2.43 bits per heavy atom. The monoisotopic (exact) mass is 405 g/mol. The number of halogens is 2. The Labute approximate surface area is 163 Å². The van der Waals surface area contributed by atoms with Gasteiger partial charge in [0.05, 0.1) is 11.8 Å². The van der Waals surface area contributed by atoms with Crippen molar-refractivity contribution in [2.75, 3.05) is 11.6 Å². The molecule has 1 atom stereocenters.